The van der Waals surface area contributed by atoms with E-state index in [1.54, 1.807) is 0 Å². The fourth-order valence-corrected chi connectivity index (χ4v) is 3.52. The van der Waals surface area contributed by atoms with Gasteiger partial charge in [-0.2, -0.15) is 5.10 Å². The third-order valence-corrected chi connectivity index (χ3v) is 4.74. The van der Waals surface area contributed by atoms with Crippen LogP contribution in [-0.2, 0) is 0 Å². The van der Waals surface area contributed by atoms with E-state index in [2.05, 4.69) is 46.1 Å². The minimum atomic E-state index is 0.495. The van der Waals surface area contributed by atoms with Gasteiger partial charge in [-0.1, -0.05) is 6.92 Å². The van der Waals surface area contributed by atoms with Crippen molar-refractivity contribution in [2.45, 2.75) is 39.2 Å². The standard InChI is InChI=1S/C15H26N4/c1-13-3-10-19(17-13)14-4-8-18(9-5-14)12-15(2)6-7-16-11-15/h3,10,14,16H,4-9,11-12H2,1-2H3. The summed E-state index contributed by atoms with van der Waals surface area (Å²) >= 11 is 0. The molecule has 4 heteroatoms. The molecule has 0 bridgehead atoms. The molecule has 19 heavy (non-hydrogen) atoms. The Hall–Kier alpha value is -0.870. The fourth-order valence-electron chi connectivity index (χ4n) is 3.52. The normalized spacial score (nSPS) is 30.0. The third kappa shape index (κ3) is 3.00. The number of nitrogens with one attached hydrogen (secondary N) is 1. The fraction of sp³-hybridized carbons (Fsp3) is 0.800. The lowest BCUT2D eigenvalue weighted by molar-refractivity contribution is 0.127. The molecule has 1 N–H and O–H groups in total. The van der Waals surface area contributed by atoms with Gasteiger partial charge in [0.1, 0.15) is 0 Å². The molecule has 0 spiro atoms. The molecule has 2 aliphatic heterocycles. The molecule has 0 aliphatic carbocycles. The second-order valence-electron chi connectivity index (χ2n) is 6.68. The number of aryl methyl sites for hydroxylation is 1. The molecule has 4 nitrogen and oxygen atoms in total. The zero-order valence-electron chi connectivity index (χ0n) is 12.2. The lowest BCUT2D eigenvalue weighted by atomic mass is 9.88. The van der Waals surface area contributed by atoms with Crippen LogP contribution in [0.25, 0.3) is 0 Å². The summed E-state index contributed by atoms with van der Waals surface area (Å²) < 4.78 is 2.17. The Bertz CT molecular complexity index is 412. The number of rotatable bonds is 3. The highest BCUT2D eigenvalue weighted by molar-refractivity contribution is 4.97. The molecule has 0 aromatic carbocycles. The van der Waals surface area contributed by atoms with E-state index < -0.39 is 0 Å². The van der Waals surface area contributed by atoms with Crippen molar-refractivity contribution in [2.75, 3.05) is 32.7 Å². The molecule has 0 amide bonds. The quantitative estimate of drug-likeness (QED) is 0.902. The summed E-state index contributed by atoms with van der Waals surface area (Å²) in [7, 11) is 0. The van der Waals surface area contributed by atoms with Crippen LogP contribution in [0.15, 0.2) is 12.3 Å². The lowest BCUT2D eigenvalue weighted by Gasteiger charge is -2.37. The topological polar surface area (TPSA) is 33.1 Å². The highest BCUT2D eigenvalue weighted by Gasteiger charge is 2.32. The molecular formula is C15H26N4. The Labute approximate surface area is 116 Å². The van der Waals surface area contributed by atoms with E-state index in [-0.39, 0.29) is 0 Å². The van der Waals surface area contributed by atoms with Gasteiger partial charge in [0.05, 0.1) is 11.7 Å². The van der Waals surface area contributed by atoms with Crippen molar-refractivity contribution in [3.05, 3.63) is 18.0 Å². The Kier molecular flexibility index (Phi) is 3.63. The minimum Gasteiger partial charge on any atom is -0.316 e. The summed E-state index contributed by atoms with van der Waals surface area (Å²) in [6, 6.07) is 2.72. The van der Waals surface area contributed by atoms with Gasteiger partial charge in [0, 0.05) is 32.4 Å². The molecule has 2 fully saturated rings. The van der Waals surface area contributed by atoms with Crippen molar-refractivity contribution in [3.8, 4) is 0 Å². The summed E-state index contributed by atoms with van der Waals surface area (Å²) in [6.07, 6.45) is 5.94. The van der Waals surface area contributed by atoms with Crippen LogP contribution in [0.1, 0.15) is 37.9 Å². The monoisotopic (exact) mass is 262 g/mol. The van der Waals surface area contributed by atoms with Crippen molar-refractivity contribution < 1.29 is 0 Å². The molecular weight excluding hydrogens is 236 g/mol. The maximum atomic E-state index is 4.56. The highest BCUT2D eigenvalue weighted by Crippen LogP contribution is 2.29. The van der Waals surface area contributed by atoms with Crippen LogP contribution < -0.4 is 5.32 Å². The van der Waals surface area contributed by atoms with Gasteiger partial charge in [0.2, 0.25) is 0 Å². The number of aromatic nitrogens is 2. The van der Waals surface area contributed by atoms with Crippen molar-refractivity contribution in [1.82, 2.24) is 20.0 Å². The van der Waals surface area contributed by atoms with Crippen LogP contribution in [-0.4, -0.2) is 47.4 Å². The zero-order chi connectivity index (χ0) is 13.3. The average Bonchev–Trinajstić information content (AvgIpc) is 3.00. The smallest absolute Gasteiger partial charge is 0.0593 e. The molecule has 2 aliphatic rings. The van der Waals surface area contributed by atoms with Gasteiger partial charge < -0.3 is 10.2 Å². The van der Waals surface area contributed by atoms with E-state index in [1.807, 2.05) is 0 Å². The Morgan fingerprint density at radius 1 is 1.42 bits per heavy atom. The van der Waals surface area contributed by atoms with E-state index in [1.165, 1.54) is 52.0 Å². The largest absolute Gasteiger partial charge is 0.316 e. The predicted molar refractivity (Wildman–Crippen MR) is 77.3 cm³/mol. The second-order valence-corrected chi connectivity index (χ2v) is 6.68. The lowest BCUT2D eigenvalue weighted by Crippen LogP contribution is -2.42. The number of hydrogen-bond donors (Lipinski definition) is 1. The molecule has 0 radical (unpaired) electrons. The molecule has 1 aromatic heterocycles. The number of nitrogens with zero attached hydrogens (tertiary/aromatic N) is 3. The predicted octanol–water partition coefficient (Wildman–Crippen LogP) is 1.83. The average molecular weight is 262 g/mol. The van der Waals surface area contributed by atoms with Crippen molar-refractivity contribution in [2.24, 2.45) is 5.41 Å². The van der Waals surface area contributed by atoms with E-state index >= 15 is 0 Å². The molecule has 2 saturated heterocycles. The Morgan fingerprint density at radius 3 is 2.79 bits per heavy atom. The van der Waals surface area contributed by atoms with Gasteiger partial charge in [0.25, 0.3) is 0 Å². The zero-order valence-corrected chi connectivity index (χ0v) is 12.2. The molecule has 3 heterocycles. The third-order valence-electron chi connectivity index (χ3n) is 4.74. The first-order chi connectivity index (χ1) is 9.15. The van der Waals surface area contributed by atoms with Crippen molar-refractivity contribution in [1.29, 1.82) is 0 Å². The van der Waals surface area contributed by atoms with Gasteiger partial charge in [0.15, 0.2) is 0 Å². The van der Waals surface area contributed by atoms with Crippen LogP contribution in [0, 0.1) is 12.3 Å². The number of likely N-dealkylation sites (tertiary alicyclic amines) is 1. The highest BCUT2D eigenvalue weighted by atomic mass is 15.3. The first-order valence-electron chi connectivity index (χ1n) is 7.59. The van der Waals surface area contributed by atoms with E-state index in [9.17, 15) is 0 Å². The Balaban J connectivity index is 1.52. The summed E-state index contributed by atoms with van der Waals surface area (Å²) in [5, 5.41) is 8.06. The summed E-state index contributed by atoms with van der Waals surface area (Å²) in [5.41, 5.74) is 1.63. The molecule has 106 valence electrons. The van der Waals surface area contributed by atoms with Gasteiger partial charge in [-0.3, -0.25) is 4.68 Å². The van der Waals surface area contributed by atoms with E-state index in [0.29, 0.717) is 11.5 Å². The van der Waals surface area contributed by atoms with Gasteiger partial charge in [-0.05, 0) is 44.2 Å². The molecule has 1 atom stereocenters. The minimum absolute atomic E-state index is 0.495. The van der Waals surface area contributed by atoms with E-state index in [0.717, 1.165) is 5.69 Å². The van der Waals surface area contributed by atoms with Crippen LogP contribution in [0.2, 0.25) is 0 Å². The first-order valence-corrected chi connectivity index (χ1v) is 7.59. The Morgan fingerprint density at radius 2 is 2.21 bits per heavy atom. The molecule has 1 aromatic rings. The maximum absolute atomic E-state index is 4.56. The molecule has 1 unspecified atom stereocenters. The summed E-state index contributed by atoms with van der Waals surface area (Å²) in [4.78, 5) is 2.65. The maximum Gasteiger partial charge on any atom is 0.0593 e. The molecule has 0 saturated carbocycles. The molecule has 3 rings (SSSR count). The van der Waals surface area contributed by atoms with Crippen LogP contribution in [0.3, 0.4) is 0 Å². The van der Waals surface area contributed by atoms with Crippen LogP contribution in [0.5, 0.6) is 0 Å². The second kappa shape index (κ2) is 5.25. The summed E-state index contributed by atoms with van der Waals surface area (Å²) in [6.45, 7) is 10.6. The summed E-state index contributed by atoms with van der Waals surface area (Å²) in [5.74, 6) is 0. The first kappa shape index (κ1) is 13.1. The van der Waals surface area contributed by atoms with Crippen LogP contribution in [0.4, 0.5) is 0 Å². The number of hydrogen-bond acceptors (Lipinski definition) is 3. The number of piperidine rings is 1. The van der Waals surface area contributed by atoms with Crippen molar-refractivity contribution in [3.63, 3.8) is 0 Å². The van der Waals surface area contributed by atoms with E-state index in [4.69, 9.17) is 0 Å². The van der Waals surface area contributed by atoms with Gasteiger partial charge in [-0.15, -0.1) is 0 Å². The van der Waals surface area contributed by atoms with Gasteiger partial charge >= 0.3 is 0 Å². The van der Waals surface area contributed by atoms with Gasteiger partial charge in [-0.25, -0.2) is 0 Å². The van der Waals surface area contributed by atoms with Crippen LogP contribution >= 0.6 is 0 Å². The SMILES string of the molecule is Cc1ccn(C2CCN(CC3(C)CCNC3)CC2)n1. The van der Waals surface area contributed by atoms with Crippen molar-refractivity contribution >= 4 is 0 Å².